The van der Waals surface area contributed by atoms with Gasteiger partial charge in [0.1, 0.15) is 5.01 Å². The fourth-order valence-electron chi connectivity index (χ4n) is 2.32. The highest BCUT2D eigenvalue weighted by molar-refractivity contribution is 7.15. The van der Waals surface area contributed by atoms with Crippen LogP contribution in [-0.2, 0) is 11.2 Å². The van der Waals surface area contributed by atoms with Crippen molar-refractivity contribution >= 4 is 28.3 Å². The first-order valence-corrected chi connectivity index (χ1v) is 9.72. The van der Waals surface area contributed by atoms with E-state index in [4.69, 9.17) is 0 Å². The van der Waals surface area contributed by atoms with Gasteiger partial charge in [0, 0.05) is 31.8 Å². The summed E-state index contributed by atoms with van der Waals surface area (Å²) >= 11 is 1.46. The summed E-state index contributed by atoms with van der Waals surface area (Å²) in [4.78, 5) is 20.0. The third-order valence-corrected chi connectivity index (χ3v) is 4.56. The van der Waals surface area contributed by atoms with Gasteiger partial charge >= 0.3 is 0 Å². The van der Waals surface area contributed by atoms with Crippen LogP contribution in [0.2, 0.25) is 0 Å². The van der Waals surface area contributed by atoms with Crippen LogP contribution in [0.5, 0.6) is 0 Å². The molecule has 0 bridgehead atoms. The number of hydrogen-bond acceptors (Lipinski definition) is 7. The highest BCUT2D eigenvalue weighted by Crippen LogP contribution is 2.18. The molecule has 8 heteroatoms. The maximum absolute atomic E-state index is 11.9. The Hall–Kier alpha value is -2.09. The lowest BCUT2D eigenvalue weighted by atomic mass is 10.1. The molecule has 0 fully saturated rings. The predicted molar refractivity (Wildman–Crippen MR) is 101 cm³/mol. The topological polar surface area (TPSA) is 92.7 Å². The summed E-state index contributed by atoms with van der Waals surface area (Å²) in [5.41, 5.74) is 0. The molecule has 0 aliphatic heterocycles. The minimum atomic E-state index is -0.0919. The molecule has 2 aromatic heterocycles. The van der Waals surface area contributed by atoms with E-state index in [1.54, 1.807) is 18.5 Å². The van der Waals surface area contributed by atoms with Gasteiger partial charge in [-0.15, -0.1) is 10.2 Å². The molecule has 25 heavy (non-hydrogen) atoms. The lowest BCUT2D eigenvalue weighted by Gasteiger charge is -2.03. The molecule has 0 aliphatic carbocycles. The molecule has 136 valence electrons. The zero-order valence-corrected chi connectivity index (χ0v) is 15.5. The van der Waals surface area contributed by atoms with E-state index in [1.165, 1.54) is 43.4 Å². The number of hydrogen-bond donors (Lipinski definition) is 2. The summed E-state index contributed by atoms with van der Waals surface area (Å²) in [6.07, 6.45) is 12.1. The molecule has 0 unspecified atom stereocenters. The summed E-state index contributed by atoms with van der Waals surface area (Å²) in [5.74, 6) is 0.429. The van der Waals surface area contributed by atoms with Crippen molar-refractivity contribution in [2.45, 2.75) is 58.3 Å². The van der Waals surface area contributed by atoms with E-state index < -0.39 is 0 Å². The van der Waals surface area contributed by atoms with Crippen LogP contribution in [0, 0.1) is 0 Å². The van der Waals surface area contributed by atoms with Gasteiger partial charge in [0.25, 0.3) is 0 Å². The molecule has 0 aliphatic rings. The Morgan fingerprint density at radius 2 is 1.84 bits per heavy atom. The predicted octanol–water partition coefficient (Wildman–Crippen LogP) is 3.67. The Kier molecular flexibility index (Phi) is 8.82. The first-order chi connectivity index (χ1) is 12.3. The van der Waals surface area contributed by atoms with Crippen LogP contribution < -0.4 is 10.6 Å². The second kappa shape index (κ2) is 11.5. The van der Waals surface area contributed by atoms with Crippen molar-refractivity contribution in [1.29, 1.82) is 0 Å². The molecule has 0 spiro atoms. The average molecular weight is 363 g/mol. The molecule has 2 N–H and O–H groups in total. The molecule has 0 saturated carbocycles. The van der Waals surface area contributed by atoms with Crippen LogP contribution in [0.25, 0.3) is 0 Å². The minimum Gasteiger partial charge on any atom is -0.354 e. The third kappa shape index (κ3) is 8.02. The van der Waals surface area contributed by atoms with Crippen molar-refractivity contribution < 1.29 is 4.79 Å². The minimum absolute atomic E-state index is 0.0919. The van der Waals surface area contributed by atoms with E-state index in [0.29, 0.717) is 24.0 Å². The van der Waals surface area contributed by atoms with E-state index in [9.17, 15) is 4.79 Å². The zero-order chi connectivity index (χ0) is 17.7. The number of anilines is 2. The second-order valence-corrected chi connectivity index (χ2v) is 6.88. The first kappa shape index (κ1) is 19.2. The van der Waals surface area contributed by atoms with Crippen molar-refractivity contribution in [3.63, 3.8) is 0 Å². The van der Waals surface area contributed by atoms with Gasteiger partial charge in [-0.3, -0.25) is 4.79 Å². The van der Waals surface area contributed by atoms with Gasteiger partial charge in [-0.25, -0.2) is 9.97 Å². The highest BCUT2D eigenvalue weighted by Gasteiger charge is 2.08. The Labute approximate surface area is 152 Å². The lowest BCUT2D eigenvalue weighted by molar-refractivity contribution is -0.115. The Morgan fingerprint density at radius 1 is 1.08 bits per heavy atom. The van der Waals surface area contributed by atoms with Crippen molar-refractivity contribution in [3.8, 4) is 0 Å². The number of aromatic nitrogens is 4. The average Bonchev–Trinajstić information content (AvgIpc) is 3.06. The van der Waals surface area contributed by atoms with Gasteiger partial charge in [0.05, 0.1) is 0 Å². The summed E-state index contributed by atoms with van der Waals surface area (Å²) in [6.45, 7) is 2.70. The molecular formula is C17H26N6OS. The van der Waals surface area contributed by atoms with E-state index >= 15 is 0 Å². The van der Waals surface area contributed by atoms with Gasteiger partial charge < -0.3 is 10.6 Å². The van der Waals surface area contributed by atoms with Crippen LogP contribution in [0.1, 0.15) is 56.9 Å². The third-order valence-electron chi connectivity index (χ3n) is 3.66. The first-order valence-electron chi connectivity index (χ1n) is 8.91. The number of carbonyl (C=O) groups excluding carboxylic acids is 1. The SMILES string of the molecule is CCCCCCCCc1nnc(NC(=O)CCNc2ncccn2)s1. The van der Waals surface area contributed by atoms with Crippen LogP contribution in [-0.4, -0.2) is 32.6 Å². The summed E-state index contributed by atoms with van der Waals surface area (Å²) < 4.78 is 0. The molecule has 2 aromatic rings. The normalized spacial score (nSPS) is 10.6. The Bertz CT molecular complexity index is 619. The highest BCUT2D eigenvalue weighted by atomic mass is 32.1. The Morgan fingerprint density at radius 3 is 2.64 bits per heavy atom. The molecule has 1 amide bonds. The van der Waals surface area contributed by atoms with Crippen LogP contribution in [0.4, 0.5) is 11.1 Å². The number of nitrogens with one attached hydrogen (secondary N) is 2. The molecule has 0 atom stereocenters. The number of nitrogens with zero attached hydrogens (tertiary/aromatic N) is 4. The maximum Gasteiger partial charge on any atom is 0.227 e. The summed E-state index contributed by atoms with van der Waals surface area (Å²) in [5, 5.41) is 15.5. The molecule has 0 saturated heterocycles. The summed E-state index contributed by atoms with van der Waals surface area (Å²) in [7, 11) is 0. The van der Waals surface area contributed by atoms with Gasteiger partial charge in [0.15, 0.2) is 0 Å². The quantitative estimate of drug-likeness (QED) is 0.560. The van der Waals surface area contributed by atoms with Crippen molar-refractivity contribution in [2.24, 2.45) is 0 Å². The number of aryl methyl sites for hydroxylation is 1. The van der Waals surface area contributed by atoms with Gasteiger partial charge in [-0.2, -0.15) is 0 Å². The number of unbranched alkanes of at least 4 members (excludes halogenated alkanes) is 5. The van der Waals surface area contributed by atoms with Crippen molar-refractivity contribution in [1.82, 2.24) is 20.2 Å². The molecular weight excluding hydrogens is 336 g/mol. The van der Waals surface area contributed by atoms with Gasteiger partial charge in [-0.1, -0.05) is 50.4 Å². The monoisotopic (exact) mass is 362 g/mol. The van der Waals surface area contributed by atoms with Crippen LogP contribution >= 0.6 is 11.3 Å². The number of rotatable bonds is 12. The second-order valence-electron chi connectivity index (χ2n) is 5.82. The maximum atomic E-state index is 11.9. The van der Waals surface area contributed by atoms with E-state index in [-0.39, 0.29) is 5.91 Å². The fourth-order valence-corrected chi connectivity index (χ4v) is 3.12. The van der Waals surface area contributed by atoms with E-state index in [0.717, 1.165) is 17.8 Å². The number of carbonyl (C=O) groups is 1. The molecule has 2 heterocycles. The smallest absolute Gasteiger partial charge is 0.227 e. The zero-order valence-electron chi connectivity index (χ0n) is 14.7. The summed E-state index contributed by atoms with van der Waals surface area (Å²) in [6, 6.07) is 1.75. The fraction of sp³-hybridized carbons (Fsp3) is 0.588. The van der Waals surface area contributed by atoms with Crippen LogP contribution in [0.3, 0.4) is 0 Å². The van der Waals surface area contributed by atoms with Gasteiger partial charge in [-0.05, 0) is 12.5 Å². The number of amides is 1. The Balaban J connectivity index is 1.60. The van der Waals surface area contributed by atoms with Crippen molar-refractivity contribution in [3.05, 3.63) is 23.5 Å². The van der Waals surface area contributed by atoms with Crippen LogP contribution in [0.15, 0.2) is 18.5 Å². The van der Waals surface area contributed by atoms with E-state index in [2.05, 4.69) is 37.7 Å². The molecule has 7 nitrogen and oxygen atoms in total. The van der Waals surface area contributed by atoms with Gasteiger partial charge in [0.2, 0.25) is 17.0 Å². The van der Waals surface area contributed by atoms with Crippen molar-refractivity contribution in [2.75, 3.05) is 17.2 Å². The van der Waals surface area contributed by atoms with E-state index in [1.807, 2.05) is 0 Å². The standard InChI is InChI=1S/C17H26N6OS/c1-2-3-4-5-6-7-9-15-22-23-17(25-15)21-14(24)10-13-20-16-18-11-8-12-19-16/h8,11-12H,2-7,9-10,13H2,1H3,(H,18,19,20)(H,21,23,24). The molecule has 0 aromatic carbocycles. The lowest BCUT2D eigenvalue weighted by Crippen LogP contribution is -2.16. The largest absolute Gasteiger partial charge is 0.354 e. The molecule has 2 rings (SSSR count). The molecule has 0 radical (unpaired) electrons.